The van der Waals surface area contributed by atoms with Gasteiger partial charge in [0.25, 0.3) is 0 Å². The highest BCUT2D eigenvalue weighted by Gasteiger charge is 2.07. The first-order valence-electron chi connectivity index (χ1n) is 10.1. The molecule has 3 rings (SSSR count). The van der Waals surface area contributed by atoms with Gasteiger partial charge in [0, 0.05) is 20.4 Å². The van der Waals surface area contributed by atoms with Gasteiger partial charge in [-0.15, -0.1) is 0 Å². The zero-order valence-corrected chi connectivity index (χ0v) is 18.8. The fourth-order valence-corrected chi connectivity index (χ4v) is 3.91. The Balaban J connectivity index is 1.43. The summed E-state index contributed by atoms with van der Waals surface area (Å²) >= 11 is 0. The molecule has 0 bridgehead atoms. The van der Waals surface area contributed by atoms with Crippen molar-refractivity contribution in [3.63, 3.8) is 0 Å². The summed E-state index contributed by atoms with van der Waals surface area (Å²) in [7, 11) is 2.56. The standard InChI is InChI=1S/C25H28NO4P/c1-27-31(28-2)17-16-20-8-12-23(13-9-20)29-18-21-10-14-24(15-11-21)30-19-25(26)22-6-4-3-5-7-22/h3-15,26H,16-19H2,1-2H3. The van der Waals surface area contributed by atoms with Gasteiger partial charge in [0.1, 0.15) is 24.7 Å². The Bertz CT molecular complexity index is 926. The molecular weight excluding hydrogens is 409 g/mol. The molecule has 31 heavy (non-hydrogen) atoms. The molecule has 0 spiro atoms. The highest BCUT2D eigenvalue weighted by atomic mass is 31.2. The van der Waals surface area contributed by atoms with Crippen LogP contribution in [-0.4, -0.2) is 32.7 Å². The van der Waals surface area contributed by atoms with E-state index < -0.39 is 8.38 Å². The van der Waals surface area contributed by atoms with E-state index in [-0.39, 0.29) is 6.61 Å². The van der Waals surface area contributed by atoms with Crippen LogP contribution in [0.5, 0.6) is 11.5 Å². The van der Waals surface area contributed by atoms with E-state index in [2.05, 4.69) is 12.1 Å². The molecule has 0 heterocycles. The van der Waals surface area contributed by atoms with Crippen LogP contribution < -0.4 is 9.47 Å². The van der Waals surface area contributed by atoms with Gasteiger partial charge in [-0.1, -0.05) is 54.6 Å². The molecule has 6 heteroatoms. The lowest BCUT2D eigenvalue weighted by atomic mass is 10.1. The molecule has 5 nitrogen and oxygen atoms in total. The van der Waals surface area contributed by atoms with Crippen molar-refractivity contribution in [2.45, 2.75) is 13.0 Å². The maximum atomic E-state index is 8.11. The van der Waals surface area contributed by atoms with Gasteiger partial charge in [0.2, 0.25) is 0 Å². The van der Waals surface area contributed by atoms with Crippen LogP contribution in [0.2, 0.25) is 0 Å². The number of ether oxygens (including phenoxy) is 2. The van der Waals surface area contributed by atoms with E-state index in [9.17, 15) is 0 Å². The number of rotatable bonds is 12. The summed E-state index contributed by atoms with van der Waals surface area (Å²) in [6.45, 7) is 0.723. The number of aryl methyl sites for hydroxylation is 1. The number of hydrogen-bond acceptors (Lipinski definition) is 5. The normalized spacial score (nSPS) is 10.8. The average molecular weight is 437 g/mol. The fourth-order valence-electron chi connectivity index (χ4n) is 2.96. The molecule has 0 aliphatic carbocycles. The molecule has 0 fully saturated rings. The highest BCUT2D eigenvalue weighted by Crippen LogP contribution is 2.36. The molecule has 0 aliphatic heterocycles. The maximum Gasteiger partial charge on any atom is 0.170 e. The van der Waals surface area contributed by atoms with E-state index in [0.29, 0.717) is 12.3 Å². The second kappa shape index (κ2) is 12.2. The first-order valence-corrected chi connectivity index (χ1v) is 11.5. The summed E-state index contributed by atoms with van der Waals surface area (Å²) in [6.07, 6.45) is 1.79. The molecule has 0 unspecified atom stereocenters. The van der Waals surface area contributed by atoms with Crippen molar-refractivity contribution in [2.24, 2.45) is 0 Å². The van der Waals surface area contributed by atoms with Crippen molar-refractivity contribution >= 4 is 14.1 Å². The molecule has 3 aromatic rings. The zero-order valence-electron chi connectivity index (χ0n) is 17.9. The molecule has 0 saturated carbocycles. The van der Waals surface area contributed by atoms with Crippen molar-refractivity contribution in [3.8, 4) is 11.5 Å². The van der Waals surface area contributed by atoms with E-state index in [1.54, 1.807) is 14.2 Å². The molecule has 0 aromatic heterocycles. The monoisotopic (exact) mass is 437 g/mol. The summed E-state index contributed by atoms with van der Waals surface area (Å²) in [5, 5.41) is 8.11. The third-order valence-electron chi connectivity index (χ3n) is 4.75. The molecule has 0 aliphatic rings. The first-order chi connectivity index (χ1) is 15.2. The average Bonchev–Trinajstić information content (AvgIpc) is 2.84. The van der Waals surface area contributed by atoms with Gasteiger partial charge in [-0.3, -0.25) is 0 Å². The first kappa shape index (κ1) is 23.0. The Morgan fingerprint density at radius 3 is 1.94 bits per heavy atom. The molecule has 0 atom stereocenters. The summed E-state index contributed by atoms with van der Waals surface area (Å²) in [5.41, 5.74) is 3.62. The van der Waals surface area contributed by atoms with E-state index in [1.807, 2.05) is 66.7 Å². The zero-order chi connectivity index (χ0) is 21.9. The third kappa shape index (κ3) is 7.48. The van der Waals surface area contributed by atoms with Crippen molar-refractivity contribution < 1.29 is 18.5 Å². The molecule has 3 aromatic carbocycles. The Hall–Kier alpha value is -2.72. The Labute approximate surface area is 185 Å². The lowest BCUT2D eigenvalue weighted by molar-refractivity contribution is 0.305. The smallest absolute Gasteiger partial charge is 0.170 e. The van der Waals surface area contributed by atoms with Gasteiger partial charge in [-0.05, 0) is 47.4 Å². The quantitative estimate of drug-likeness (QED) is 0.285. The van der Waals surface area contributed by atoms with Gasteiger partial charge in [-0.25, -0.2) is 0 Å². The van der Waals surface area contributed by atoms with E-state index >= 15 is 0 Å². The van der Waals surface area contributed by atoms with E-state index in [4.69, 9.17) is 23.9 Å². The van der Waals surface area contributed by atoms with Gasteiger partial charge >= 0.3 is 0 Å². The summed E-state index contributed by atoms with van der Waals surface area (Å²) in [5.74, 6) is 1.57. The molecule has 0 amide bonds. The van der Waals surface area contributed by atoms with Crippen LogP contribution in [0, 0.1) is 5.41 Å². The van der Waals surface area contributed by atoms with E-state index in [1.165, 1.54) is 5.56 Å². The summed E-state index contributed by atoms with van der Waals surface area (Å²) < 4.78 is 22.2. The van der Waals surface area contributed by atoms with Crippen LogP contribution in [0.15, 0.2) is 78.9 Å². The Morgan fingerprint density at radius 2 is 1.32 bits per heavy atom. The molecule has 1 N–H and O–H groups in total. The molecule has 162 valence electrons. The Morgan fingerprint density at radius 1 is 0.742 bits per heavy atom. The van der Waals surface area contributed by atoms with Gasteiger partial charge in [0.15, 0.2) is 8.38 Å². The summed E-state index contributed by atoms with van der Waals surface area (Å²) in [6, 6.07) is 25.5. The minimum atomic E-state index is -0.799. The van der Waals surface area contributed by atoms with Crippen LogP contribution in [0.3, 0.4) is 0 Å². The fraction of sp³-hybridized carbons (Fsp3) is 0.240. The predicted molar refractivity (Wildman–Crippen MR) is 125 cm³/mol. The lowest BCUT2D eigenvalue weighted by Gasteiger charge is -2.12. The van der Waals surface area contributed by atoms with Crippen LogP contribution in [0.1, 0.15) is 16.7 Å². The van der Waals surface area contributed by atoms with Gasteiger partial charge in [-0.2, -0.15) is 0 Å². The predicted octanol–water partition coefficient (Wildman–Crippen LogP) is 5.86. The maximum absolute atomic E-state index is 8.11. The second-order valence-corrected chi connectivity index (χ2v) is 8.72. The Kier molecular flexibility index (Phi) is 9.04. The number of nitrogens with one attached hydrogen (secondary N) is 1. The summed E-state index contributed by atoms with van der Waals surface area (Å²) in [4.78, 5) is 0. The van der Waals surface area contributed by atoms with Crippen LogP contribution >= 0.6 is 8.38 Å². The minimum absolute atomic E-state index is 0.239. The molecule has 0 saturated heterocycles. The SMILES string of the molecule is COP(CCc1ccc(OCc2ccc(OCC(=N)c3ccccc3)cc2)cc1)OC. The van der Waals surface area contributed by atoms with Crippen molar-refractivity contribution in [2.75, 3.05) is 27.0 Å². The molecular formula is C25H28NO4P. The van der Waals surface area contributed by atoms with Crippen LogP contribution in [-0.2, 0) is 22.1 Å². The number of benzene rings is 3. The number of hydrogen-bond donors (Lipinski definition) is 1. The highest BCUT2D eigenvalue weighted by molar-refractivity contribution is 7.47. The third-order valence-corrected chi connectivity index (χ3v) is 6.15. The van der Waals surface area contributed by atoms with Gasteiger partial charge < -0.3 is 23.9 Å². The minimum Gasteiger partial charge on any atom is -0.489 e. The second-order valence-electron chi connectivity index (χ2n) is 6.88. The lowest BCUT2D eigenvalue weighted by Crippen LogP contribution is -2.11. The molecule has 0 radical (unpaired) electrons. The van der Waals surface area contributed by atoms with Crippen LogP contribution in [0.25, 0.3) is 0 Å². The van der Waals surface area contributed by atoms with Gasteiger partial charge in [0.05, 0.1) is 5.71 Å². The van der Waals surface area contributed by atoms with E-state index in [0.717, 1.165) is 35.2 Å². The van der Waals surface area contributed by atoms with Crippen molar-refractivity contribution in [1.82, 2.24) is 0 Å². The largest absolute Gasteiger partial charge is 0.489 e. The van der Waals surface area contributed by atoms with Crippen molar-refractivity contribution in [3.05, 3.63) is 95.6 Å². The van der Waals surface area contributed by atoms with Crippen LogP contribution in [0.4, 0.5) is 0 Å². The van der Waals surface area contributed by atoms with Crippen molar-refractivity contribution in [1.29, 1.82) is 5.41 Å². The topological polar surface area (TPSA) is 60.8 Å².